The summed E-state index contributed by atoms with van der Waals surface area (Å²) in [7, 11) is 0. The quantitative estimate of drug-likeness (QED) is 0.798. The van der Waals surface area contributed by atoms with Gasteiger partial charge in [0.2, 0.25) is 0 Å². The zero-order valence-corrected chi connectivity index (χ0v) is 9.39. The predicted octanol–water partition coefficient (Wildman–Crippen LogP) is 2.00. The first-order chi connectivity index (χ1) is 7.27. The minimum Gasteiger partial charge on any atom is -0.326 e. The second kappa shape index (κ2) is 4.77. The number of hydrogen-bond acceptors (Lipinski definition) is 2. The number of benzene rings is 1. The van der Waals surface area contributed by atoms with E-state index >= 15 is 0 Å². The third kappa shape index (κ3) is 2.58. The summed E-state index contributed by atoms with van der Waals surface area (Å²) >= 11 is 0. The van der Waals surface area contributed by atoms with Gasteiger partial charge in [-0.2, -0.15) is 0 Å². The summed E-state index contributed by atoms with van der Waals surface area (Å²) in [5.41, 5.74) is 7.47. The van der Waals surface area contributed by atoms with Crippen molar-refractivity contribution < 1.29 is 0 Å². The van der Waals surface area contributed by atoms with Gasteiger partial charge in [0.25, 0.3) is 0 Å². The average molecular weight is 204 g/mol. The molecule has 0 saturated carbocycles. The molecule has 0 spiro atoms. The second-order valence-electron chi connectivity index (χ2n) is 4.50. The molecule has 0 aliphatic carbocycles. The van der Waals surface area contributed by atoms with Crippen LogP contribution in [0.4, 0.5) is 0 Å². The molecule has 82 valence electrons. The van der Waals surface area contributed by atoms with Gasteiger partial charge in [-0.15, -0.1) is 0 Å². The lowest BCUT2D eigenvalue weighted by Crippen LogP contribution is -2.49. The van der Waals surface area contributed by atoms with Gasteiger partial charge in [-0.25, -0.2) is 0 Å². The van der Waals surface area contributed by atoms with Gasteiger partial charge in [0.05, 0.1) is 0 Å². The van der Waals surface area contributed by atoms with Crippen molar-refractivity contribution in [1.29, 1.82) is 0 Å². The van der Waals surface area contributed by atoms with E-state index in [1.807, 2.05) is 0 Å². The number of rotatable bonds is 2. The highest BCUT2D eigenvalue weighted by Crippen LogP contribution is 2.18. The standard InChI is InChI=1S/C13H20N2/c1-11-13(14)8-5-9-15(11)10-12-6-3-2-4-7-12/h2-4,6-7,11,13H,5,8-10,14H2,1H3/t11-,13-/m0/s1. The van der Waals surface area contributed by atoms with Gasteiger partial charge >= 0.3 is 0 Å². The van der Waals surface area contributed by atoms with Crippen LogP contribution in [0.25, 0.3) is 0 Å². The fraction of sp³-hybridized carbons (Fsp3) is 0.538. The van der Waals surface area contributed by atoms with Crippen molar-refractivity contribution in [2.24, 2.45) is 5.73 Å². The van der Waals surface area contributed by atoms with E-state index in [-0.39, 0.29) is 0 Å². The molecule has 2 N–H and O–H groups in total. The molecule has 1 aromatic carbocycles. The molecule has 1 fully saturated rings. The number of likely N-dealkylation sites (tertiary alicyclic amines) is 1. The van der Waals surface area contributed by atoms with Crippen LogP contribution in [0, 0.1) is 0 Å². The topological polar surface area (TPSA) is 29.3 Å². The van der Waals surface area contributed by atoms with Crippen LogP contribution in [-0.2, 0) is 6.54 Å². The lowest BCUT2D eigenvalue weighted by molar-refractivity contribution is 0.133. The third-order valence-corrected chi connectivity index (χ3v) is 3.41. The van der Waals surface area contributed by atoms with Gasteiger partial charge in [0.1, 0.15) is 0 Å². The largest absolute Gasteiger partial charge is 0.326 e. The van der Waals surface area contributed by atoms with Crippen LogP contribution in [0.1, 0.15) is 25.3 Å². The Bertz CT molecular complexity index is 297. The van der Waals surface area contributed by atoms with E-state index in [9.17, 15) is 0 Å². The van der Waals surface area contributed by atoms with Crippen LogP contribution < -0.4 is 5.73 Å². The SMILES string of the molecule is C[C@H]1[C@@H](N)CCCN1Cc1ccccc1. The predicted molar refractivity (Wildman–Crippen MR) is 63.5 cm³/mol. The van der Waals surface area contributed by atoms with Gasteiger partial charge in [-0.05, 0) is 31.9 Å². The molecular weight excluding hydrogens is 184 g/mol. The molecule has 1 aliphatic rings. The highest BCUT2D eigenvalue weighted by Gasteiger charge is 2.24. The van der Waals surface area contributed by atoms with E-state index in [1.165, 1.54) is 24.9 Å². The summed E-state index contributed by atoms with van der Waals surface area (Å²) in [6.07, 6.45) is 2.41. The number of piperidine rings is 1. The van der Waals surface area contributed by atoms with Crippen LogP contribution in [-0.4, -0.2) is 23.5 Å². The maximum absolute atomic E-state index is 6.08. The van der Waals surface area contributed by atoms with Crippen molar-refractivity contribution in [3.05, 3.63) is 35.9 Å². The lowest BCUT2D eigenvalue weighted by Gasteiger charge is -2.37. The van der Waals surface area contributed by atoms with E-state index in [2.05, 4.69) is 42.2 Å². The summed E-state index contributed by atoms with van der Waals surface area (Å²) in [4.78, 5) is 2.49. The Kier molecular flexibility index (Phi) is 3.39. The average Bonchev–Trinajstić information content (AvgIpc) is 2.26. The Balaban J connectivity index is 1.99. The minimum absolute atomic E-state index is 0.350. The molecule has 1 aliphatic heterocycles. The Hall–Kier alpha value is -0.860. The zero-order chi connectivity index (χ0) is 10.7. The summed E-state index contributed by atoms with van der Waals surface area (Å²) in [5.74, 6) is 0. The van der Waals surface area contributed by atoms with E-state index in [0.29, 0.717) is 12.1 Å². The molecule has 0 unspecified atom stereocenters. The number of nitrogens with zero attached hydrogens (tertiary/aromatic N) is 1. The fourth-order valence-electron chi connectivity index (χ4n) is 2.29. The van der Waals surface area contributed by atoms with E-state index < -0.39 is 0 Å². The first-order valence-corrected chi connectivity index (χ1v) is 5.81. The van der Waals surface area contributed by atoms with Crippen LogP contribution in [0.2, 0.25) is 0 Å². The fourth-order valence-corrected chi connectivity index (χ4v) is 2.29. The van der Waals surface area contributed by atoms with E-state index in [1.54, 1.807) is 0 Å². The van der Waals surface area contributed by atoms with Crippen molar-refractivity contribution in [3.63, 3.8) is 0 Å². The summed E-state index contributed by atoms with van der Waals surface area (Å²) in [6, 6.07) is 11.5. The molecule has 0 bridgehead atoms. The lowest BCUT2D eigenvalue weighted by atomic mass is 9.98. The molecule has 1 saturated heterocycles. The maximum atomic E-state index is 6.08. The molecule has 0 aromatic heterocycles. The van der Waals surface area contributed by atoms with Crippen LogP contribution in [0.15, 0.2) is 30.3 Å². The van der Waals surface area contributed by atoms with Gasteiger partial charge < -0.3 is 5.73 Å². The molecule has 1 aromatic rings. The van der Waals surface area contributed by atoms with Gasteiger partial charge in [-0.1, -0.05) is 30.3 Å². The highest BCUT2D eigenvalue weighted by atomic mass is 15.2. The number of nitrogens with two attached hydrogens (primary N) is 1. The molecule has 2 heteroatoms. The van der Waals surface area contributed by atoms with Crippen molar-refractivity contribution in [1.82, 2.24) is 4.90 Å². The van der Waals surface area contributed by atoms with Crippen molar-refractivity contribution in [2.45, 2.75) is 38.4 Å². The number of hydrogen-bond donors (Lipinski definition) is 1. The van der Waals surface area contributed by atoms with Crippen LogP contribution in [0.5, 0.6) is 0 Å². The van der Waals surface area contributed by atoms with Crippen molar-refractivity contribution in [3.8, 4) is 0 Å². The van der Waals surface area contributed by atoms with Crippen LogP contribution in [0.3, 0.4) is 0 Å². The summed E-state index contributed by atoms with van der Waals surface area (Å²) in [6.45, 7) is 4.46. The molecule has 1 heterocycles. The Labute approximate surface area is 92.1 Å². The molecule has 0 radical (unpaired) electrons. The smallest absolute Gasteiger partial charge is 0.0237 e. The normalized spacial score (nSPS) is 27.9. The Morgan fingerprint density at radius 1 is 1.33 bits per heavy atom. The maximum Gasteiger partial charge on any atom is 0.0237 e. The molecular formula is C13H20N2. The first kappa shape index (κ1) is 10.7. The minimum atomic E-state index is 0.350. The van der Waals surface area contributed by atoms with E-state index in [0.717, 1.165) is 6.54 Å². The second-order valence-corrected chi connectivity index (χ2v) is 4.50. The van der Waals surface area contributed by atoms with Crippen molar-refractivity contribution in [2.75, 3.05) is 6.54 Å². The Morgan fingerprint density at radius 2 is 2.07 bits per heavy atom. The van der Waals surface area contributed by atoms with Crippen molar-refractivity contribution >= 4 is 0 Å². The first-order valence-electron chi connectivity index (χ1n) is 5.81. The third-order valence-electron chi connectivity index (χ3n) is 3.41. The summed E-state index contributed by atoms with van der Waals surface area (Å²) in [5, 5.41) is 0. The monoisotopic (exact) mass is 204 g/mol. The van der Waals surface area contributed by atoms with Crippen LogP contribution >= 0.6 is 0 Å². The van der Waals surface area contributed by atoms with Gasteiger partial charge in [-0.3, -0.25) is 4.90 Å². The Morgan fingerprint density at radius 3 is 2.80 bits per heavy atom. The zero-order valence-electron chi connectivity index (χ0n) is 9.39. The van der Waals surface area contributed by atoms with Gasteiger partial charge in [0.15, 0.2) is 0 Å². The molecule has 15 heavy (non-hydrogen) atoms. The molecule has 2 nitrogen and oxygen atoms in total. The molecule has 2 atom stereocenters. The highest BCUT2D eigenvalue weighted by molar-refractivity contribution is 5.14. The molecule has 2 rings (SSSR count). The van der Waals surface area contributed by atoms with Gasteiger partial charge in [0, 0.05) is 18.6 Å². The van der Waals surface area contributed by atoms with E-state index in [4.69, 9.17) is 5.73 Å². The summed E-state index contributed by atoms with van der Waals surface area (Å²) < 4.78 is 0. The molecule has 0 amide bonds.